The molecule has 0 saturated carbocycles. The second kappa shape index (κ2) is 6.62. The molecule has 4 rings (SSSR count). The summed E-state index contributed by atoms with van der Waals surface area (Å²) in [6, 6.07) is 9.67. The second-order valence-corrected chi connectivity index (χ2v) is 7.69. The Morgan fingerprint density at radius 1 is 1.33 bits per heavy atom. The molecule has 0 aliphatic heterocycles. The average molecular weight is 382 g/mol. The Labute approximate surface area is 159 Å². The number of carbonyl (C=O) groups excluding carboxylic acids is 1. The van der Waals surface area contributed by atoms with Gasteiger partial charge >= 0.3 is 5.97 Å². The standard InChI is InChI=1S/C19H18N4O3S/c20-17-14(18(25)26)13-6-7-19(16(24)15(13)27-17,12-4-2-1-3-5-12)8-9-23-11-21-10-22-23/h1-5,10-11H,6-9,20H2,(H,25,26). The van der Waals surface area contributed by atoms with E-state index >= 15 is 0 Å². The van der Waals surface area contributed by atoms with Crippen molar-refractivity contribution in [2.75, 3.05) is 5.73 Å². The molecule has 0 spiro atoms. The lowest BCUT2D eigenvalue weighted by Crippen LogP contribution is -2.40. The molecule has 0 amide bonds. The second-order valence-electron chi connectivity index (χ2n) is 6.64. The molecule has 1 aromatic carbocycles. The molecule has 0 radical (unpaired) electrons. The van der Waals surface area contributed by atoms with Crippen LogP contribution in [0.25, 0.3) is 0 Å². The molecule has 1 aliphatic carbocycles. The van der Waals surface area contributed by atoms with E-state index in [1.165, 1.54) is 6.33 Å². The number of ketones is 1. The minimum absolute atomic E-state index is 0.0562. The van der Waals surface area contributed by atoms with Gasteiger partial charge in [0.15, 0.2) is 5.78 Å². The van der Waals surface area contributed by atoms with Crippen molar-refractivity contribution in [2.24, 2.45) is 0 Å². The fourth-order valence-corrected chi connectivity index (χ4v) is 5.03. The molecule has 0 saturated heterocycles. The van der Waals surface area contributed by atoms with Gasteiger partial charge in [-0.1, -0.05) is 30.3 Å². The van der Waals surface area contributed by atoms with Crippen LogP contribution in [0.15, 0.2) is 43.0 Å². The number of hydrogen-bond acceptors (Lipinski definition) is 6. The van der Waals surface area contributed by atoms with Gasteiger partial charge in [0.1, 0.15) is 17.7 Å². The number of thiophene rings is 1. The SMILES string of the molecule is Nc1sc2c(c1C(=O)O)CCC(CCn1cncn1)(c1ccccc1)C2=O. The Morgan fingerprint density at radius 2 is 2.11 bits per heavy atom. The first-order chi connectivity index (χ1) is 13.0. The van der Waals surface area contributed by atoms with Gasteiger partial charge in [-0.3, -0.25) is 9.48 Å². The highest BCUT2D eigenvalue weighted by atomic mass is 32.1. The van der Waals surface area contributed by atoms with Gasteiger partial charge in [-0.15, -0.1) is 11.3 Å². The van der Waals surface area contributed by atoms with Crippen LogP contribution >= 0.6 is 11.3 Å². The largest absolute Gasteiger partial charge is 0.478 e. The fraction of sp³-hybridized carbons (Fsp3) is 0.263. The maximum Gasteiger partial charge on any atom is 0.338 e. The number of rotatable bonds is 5. The van der Waals surface area contributed by atoms with E-state index < -0.39 is 11.4 Å². The van der Waals surface area contributed by atoms with E-state index in [2.05, 4.69) is 10.1 Å². The molecule has 2 heterocycles. The predicted molar refractivity (Wildman–Crippen MR) is 101 cm³/mol. The van der Waals surface area contributed by atoms with Crippen molar-refractivity contribution in [3.8, 4) is 0 Å². The number of nitrogens with zero attached hydrogens (tertiary/aromatic N) is 3. The summed E-state index contributed by atoms with van der Waals surface area (Å²) >= 11 is 1.09. The van der Waals surface area contributed by atoms with Crippen molar-refractivity contribution < 1.29 is 14.7 Å². The third-order valence-electron chi connectivity index (χ3n) is 5.25. The number of carboxylic acids is 1. The summed E-state index contributed by atoms with van der Waals surface area (Å²) in [6.45, 7) is 0.544. The summed E-state index contributed by atoms with van der Waals surface area (Å²) in [5, 5.41) is 13.8. The van der Waals surface area contributed by atoms with Crippen LogP contribution in [-0.4, -0.2) is 31.6 Å². The van der Waals surface area contributed by atoms with Gasteiger partial charge in [0.05, 0.1) is 15.9 Å². The lowest BCUT2D eigenvalue weighted by atomic mass is 9.66. The highest BCUT2D eigenvalue weighted by Crippen LogP contribution is 2.46. The Morgan fingerprint density at radius 3 is 2.78 bits per heavy atom. The third-order valence-corrected chi connectivity index (χ3v) is 6.31. The molecule has 138 valence electrons. The molecule has 27 heavy (non-hydrogen) atoms. The minimum atomic E-state index is -1.08. The molecule has 1 aliphatic rings. The number of nitrogen functional groups attached to an aromatic ring is 1. The molecule has 1 atom stereocenters. The smallest absolute Gasteiger partial charge is 0.338 e. The summed E-state index contributed by atoms with van der Waals surface area (Å²) in [5.74, 6) is -1.13. The van der Waals surface area contributed by atoms with E-state index in [1.54, 1.807) is 11.0 Å². The number of nitrogens with two attached hydrogens (primary N) is 1. The topological polar surface area (TPSA) is 111 Å². The molecule has 7 nitrogen and oxygen atoms in total. The zero-order valence-corrected chi connectivity index (χ0v) is 15.3. The first-order valence-electron chi connectivity index (χ1n) is 8.60. The van der Waals surface area contributed by atoms with Gasteiger partial charge in [0, 0.05) is 6.54 Å². The van der Waals surface area contributed by atoms with Crippen molar-refractivity contribution in [3.05, 3.63) is 64.6 Å². The van der Waals surface area contributed by atoms with Crippen LogP contribution in [0.5, 0.6) is 0 Å². The van der Waals surface area contributed by atoms with Crippen LogP contribution in [0.1, 0.15) is 44.0 Å². The van der Waals surface area contributed by atoms with Crippen molar-refractivity contribution in [3.63, 3.8) is 0 Å². The van der Waals surface area contributed by atoms with Crippen LogP contribution in [-0.2, 0) is 18.4 Å². The van der Waals surface area contributed by atoms with Gasteiger partial charge in [0.25, 0.3) is 0 Å². The number of carbonyl (C=O) groups is 2. The lowest BCUT2D eigenvalue weighted by Gasteiger charge is -2.36. The summed E-state index contributed by atoms with van der Waals surface area (Å²) in [5.41, 5.74) is 6.79. The zero-order valence-electron chi connectivity index (χ0n) is 14.5. The van der Waals surface area contributed by atoms with E-state index in [4.69, 9.17) is 5.73 Å². The molecule has 0 fully saturated rings. The van der Waals surface area contributed by atoms with Gasteiger partial charge in [0.2, 0.25) is 0 Å². The first-order valence-corrected chi connectivity index (χ1v) is 9.42. The van der Waals surface area contributed by atoms with E-state index in [0.29, 0.717) is 36.2 Å². The summed E-state index contributed by atoms with van der Waals surface area (Å²) < 4.78 is 1.71. The molecule has 3 N–H and O–H groups in total. The number of anilines is 1. The summed E-state index contributed by atoms with van der Waals surface area (Å²) in [7, 11) is 0. The molecular weight excluding hydrogens is 364 g/mol. The Kier molecular flexibility index (Phi) is 4.27. The van der Waals surface area contributed by atoms with Gasteiger partial charge < -0.3 is 10.8 Å². The molecule has 0 bridgehead atoms. The molecular formula is C19H18N4O3S. The molecule has 1 unspecified atom stereocenters. The summed E-state index contributed by atoms with van der Waals surface area (Å²) in [6.07, 6.45) is 4.69. The molecule has 2 aromatic heterocycles. The van der Waals surface area contributed by atoms with E-state index in [0.717, 1.165) is 16.9 Å². The van der Waals surface area contributed by atoms with Gasteiger partial charge in [-0.2, -0.15) is 5.10 Å². The van der Waals surface area contributed by atoms with Gasteiger partial charge in [-0.25, -0.2) is 9.78 Å². The maximum atomic E-state index is 13.6. The number of benzene rings is 1. The Balaban J connectivity index is 1.79. The lowest BCUT2D eigenvalue weighted by molar-refractivity contribution is 0.0697. The number of aromatic carboxylic acids is 1. The average Bonchev–Trinajstić information content (AvgIpc) is 3.29. The molecule has 3 aromatic rings. The quantitative estimate of drug-likeness (QED) is 0.702. The van der Waals surface area contributed by atoms with Gasteiger partial charge in [-0.05, 0) is 30.4 Å². The number of aryl methyl sites for hydroxylation is 1. The van der Waals surface area contributed by atoms with Crippen molar-refractivity contribution in [2.45, 2.75) is 31.2 Å². The van der Waals surface area contributed by atoms with Crippen LogP contribution in [0.2, 0.25) is 0 Å². The third kappa shape index (κ3) is 2.82. The Hall–Kier alpha value is -3.00. The monoisotopic (exact) mass is 382 g/mol. The van der Waals surface area contributed by atoms with E-state index in [9.17, 15) is 14.7 Å². The normalized spacial score (nSPS) is 19.0. The minimum Gasteiger partial charge on any atom is -0.478 e. The molecule has 8 heteroatoms. The zero-order chi connectivity index (χ0) is 19.0. The summed E-state index contributed by atoms with van der Waals surface area (Å²) in [4.78, 5) is 29.6. The number of Topliss-reactive ketones (excluding diaryl/α,β-unsaturated/α-hetero) is 1. The maximum absolute atomic E-state index is 13.6. The van der Waals surface area contributed by atoms with Crippen LogP contribution in [0.4, 0.5) is 5.00 Å². The first kappa shape index (κ1) is 17.4. The van der Waals surface area contributed by atoms with Crippen LogP contribution in [0, 0.1) is 0 Å². The van der Waals surface area contributed by atoms with E-state index in [-0.39, 0.29) is 16.3 Å². The number of hydrogen-bond donors (Lipinski definition) is 2. The van der Waals surface area contributed by atoms with Crippen molar-refractivity contribution in [1.82, 2.24) is 14.8 Å². The van der Waals surface area contributed by atoms with E-state index in [1.807, 2.05) is 30.3 Å². The highest BCUT2D eigenvalue weighted by Gasteiger charge is 2.46. The fourth-order valence-electron chi connectivity index (χ4n) is 3.88. The van der Waals surface area contributed by atoms with Crippen LogP contribution in [0.3, 0.4) is 0 Å². The van der Waals surface area contributed by atoms with Crippen molar-refractivity contribution in [1.29, 1.82) is 0 Å². The van der Waals surface area contributed by atoms with Crippen molar-refractivity contribution >= 4 is 28.1 Å². The number of fused-ring (bicyclic) bond motifs is 1. The predicted octanol–water partition coefficient (Wildman–Crippen LogP) is 2.78. The highest BCUT2D eigenvalue weighted by molar-refractivity contribution is 7.18. The number of carboxylic acid groups (broad SMARTS) is 1. The van der Waals surface area contributed by atoms with Crippen LogP contribution < -0.4 is 5.73 Å². The Bertz CT molecular complexity index is 998. The number of aromatic nitrogens is 3.